The van der Waals surface area contributed by atoms with Crippen LogP contribution in [-0.4, -0.2) is 24.5 Å². The van der Waals surface area contributed by atoms with Crippen LogP contribution in [0.15, 0.2) is 28.7 Å². The summed E-state index contributed by atoms with van der Waals surface area (Å²) in [5, 5.41) is 6.50. The van der Waals surface area contributed by atoms with Gasteiger partial charge in [-0.3, -0.25) is 4.79 Å². The van der Waals surface area contributed by atoms with Crippen LogP contribution in [0.4, 0.5) is 5.69 Å². The van der Waals surface area contributed by atoms with Crippen molar-refractivity contribution in [3.63, 3.8) is 0 Å². The van der Waals surface area contributed by atoms with Crippen LogP contribution < -0.4 is 16.4 Å². The van der Waals surface area contributed by atoms with Gasteiger partial charge in [-0.15, -0.1) is 0 Å². The maximum absolute atomic E-state index is 11.7. The molecule has 4 N–H and O–H groups in total. The van der Waals surface area contributed by atoms with Gasteiger partial charge in [0.25, 0.3) is 0 Å². The van der Waals surface area contributed by atoms with Gasteiger partial charge in [0.1, 0.15) is 5.54 Å². The number of piperidine rings is 1. The molecule has 1 aliphatic heterocycles. The van der Waals surface area contributed by atoms with Gasteiger partial charge in [-0.1, -0.05) is 12.1 Å². The van der Waals surface area contributed by atoms with Gasteiger partial charge in [0.2, 0.25) is 5.91 Å². The number of nitrogens with two attached hydrogens (primary N) is 1. The largest absolute Gasteiger partial charge is 0.369 e. The Balaban J connectivity index is 2.24. The lowest BCUT2D eigenvalue weighted by atomic mass is 9.89. The number of carbonyl (C=O) groups excluding carboxylic acids is 1. The number of carbonyl (C=O) groups is 1. The lowest BCUT2D eigenvalue weighted by molar-refractivity contribution is -0.122. The van der Waals surface area contributed by atoms with E-state index in [0.29, 0.717) is 6.54 Å². The standard InChI is InChI=1S/C12H16BrN3O/c13-9-4-1-2-5-10(9)16-12(11(14)17)6-3-7-15-8-12/h1-2,4-5,15-16H,3,6-8H2,(H2,14,17). The molecule has 4 nitrogen and oxygen atoms in total. The van der Waals surface area contributed by atoms with Crippen molar-refractivity contribution in [2.45, 2.75) is 18.4 Å². The maximum atomic E-state index is 11.7. The summed E-state index contributed by atoms with van der Waals surface area (Å²) in [5.41, 5.74) is 5.76. The molecule has 1 aromatic rings. The molecule has 0 bridgehead atoms. The summed E-state index contributed by atoms with van der Waals surface area (Å²) in [4.78, 5) is 11.7. The van der Waals surface area contributed by atoms with E-state index in [0.717, 1.165) is 29.5 Å². The second-order valence-corrected chi connectivity index (χ2v) is 5.19. The van der Waals surface area contributed by atoms with Crippen LogP contribution in [-0.2, 0) is 4.79 Å². The van der Waals surface area contributed by atoms with Crippen molar-refractivity contribution in [3.8, 4) is 0 Å². The summed E-state index contributed by atoms with van der Waals surface area (Å²) in [6.07, 6.45) is 1.71. The molecule has 1 atom stereocenters. The molecular weight excluding hydrogens is 282 g/mol. The second kappa shape index (κ2) is 5.06. The smallest absolute Gasteiger partial charge is 0.244 e. The number of para-hydroxylation sites is 1. The van der Waals surface area contributed by atoms with Crippen molar-refractivity contribution >= 4 is 27.5 Å². The number of rotatable bonds is 3. The zero-order valence-electron chi connectivity index (χ0n) is 9.50. The van der Waals surface area contributed by atoms with E-state index < -0.39 is 5.54 Å². The lowest BCUT2D eigenvalue weighted by Crippen LogP contribution is -2.59. The number of benzene rings is 1. The number of nitrogens with one attached hydrogen (secondary N) is 2. The molecule has 2 rings (SSSR count). The summed E-state index contributed by atoms with van der Waals surface area (Å²) < 4.78 is 0.936. The van der Waals surface area contributed by atoms with Crippen LogP contribution in [0.2, 0.25) is 0 Å². The van der Waals surface area contributed by atoms with Crippen LogP contribution in [0.5, 0.6) is 0 Å². The van der Waals surface area contributed by atoms with E-state index in [1.54, 1.807) is 0 Å². The van der Waals surface area contributed by atoms with Crippen molar-refractivity contribution in [1.82, 2.24) is 5.32 Å². The van der Waals surface area contributed by atoms with Crippen molar-refractivity contribution < 1.29 is 4.79 Å². The Bertz CT molecular complexity index is 416. The molecule has 92 valence electrons. The molecule has 0 spiro atoms. The molecular formula is C12H16BrN3O. The highest BCUT2D eigenvalue weighted by Crippen LogP contribution is 2.27. The van der Waals surface area contributed by atoms with E-state index in [4.69, 9.17) is 5.73 Å². The third kappa shape index (κ3) is 2.61. The van der Waals surface area contributed by atoms with Gasteiger partial charge in [-0.2, -0.15) is 0 Å². The number of halogens is 1. The summed E-state index contributed by atoms with van der Waals surface area (Å²) in [5.74, 6) is -0.305. The highest BCUT2D eigenvalue weighted by molar-refractivity contribution is 9.10. The first-order valence-corrected chi connectivity index (χ1v) is 6.47. The number of amides is 1. The molecule has 1 heterocycles. The Kier molecular flexibility index (Phi) is 3.69. The van der Waals surface area contributed by atoms with Gasteiger partial charge in [0.15, 0.2) is 0 Å². The summed E-state index contributed by atoms with van der Waals surface area (Å²) in [6, 6.07) is 7.74. The minimum absolute atomic E-state index is 0.305. The first-order valence-electron chi connectivity index (χ1n) is 5.67. The van der Waals surface area contributed by atoms with Gasteiger partial charge in [-0.05, 0) is 47.4 Å². The highest BCUT2D eigenvalue weighted by atomic mass is 79.9. The van der Waals surface area contributed by atoms with Crippen LogP contribution in [0.3, 0.4) is 0 Å². The second-order valence-electron chi connectivity index (χ2n) is 4.33. The fraction of sp³-hybridized carbons (Fsp3) is 0.417. The molecule has 5 heteroatoms. The van der Waals surface area contributed by atoms with E-state index in [-0.39, 0.29) is 5.91 Å². The SMILES string of the molecule is NC(=O)C1(Nc2ccccc2Br)CCCNC1. The molecule has 0 aromatic heterocycles. The average Bonchev–Trinajstić information content (AvgIpc) is 2.33. The van der Waals surface area contributed by atoms with Gasteiger partial charge < -0.3 is 16.4 Å². The molecule has 17 heavy (non-hydrogen) atoms. The van der Waals surface area contributed by atoms with Crippen LogP contribution in [0, 0.1) is 0 Å². The minimum Gasteiger partial charge on any atom is -0.369 e. The normalized spacial score (nSPS) is 24.3. The predicted molar refractivity (Wildman–Crippen MR) is 71.8 cm³/mol. The summed E-state index contributed by atoms with van der Waals surface area (Å²) in [6.45, 7) is 1.51. The van der Waals surface area contributed by atoms with Crippen LogP contribution in [0.25, 0.3) is 0 Å². The van der Waals surface area contributed by atoms with E-state index in [2.05, 4.69) is 26.6 Å². The predicted octanol–water partition coefficient (Wildman–Crippen LogP) is 1.47. The van der Waals surface area contributed by atoms with Gasteiger partial charge in [0.05, 0.1) is 0 Å². The van der Waals surface area contributed by atoms with Crippen LogP contribution in [0.1, 0.15) is 12.8 Å². The Hall–Kier alpha value is -1.07. The third-order valence-electron chi connectivity index (χ3n) is 3.10. The quantitative estimate of drug-likeness (QED) is 0.791. The molecule has 1 saturated heterocycles. The van der Waals surface area contributed by atoms with Gasteiger partial charge >= 0.3 is 0 Å². The molecule has 1 aromatic carbocycles. The van der Waals surface area contributed by atoms with E-state index in [1.807, 2.05) is 24.3 Å². The van der Waals surface area contributed by atoms with Crippen molar-refractivity contribution in [3.05, 3.63) is 28.7 Å². The molecule has 0 radical (unpaired) electrons. The maximum Gasteiger partial charge on any atom is 0.244 e. The molecule has 1 fully saturated rings. The number of hydrogen-bond acceptors (Lipinski definition) is 3. The summed E-state index contributed by atoms with van der Waals surface area (Å²) in [7, 11) is 0. The molecule has 1 amide bonds. The molecule has 1 aliphatic rings. The Labute approximate surface area is 109 Å². The van der Waals surface area contributed by atoms with E-state index in [9.17, 15) is 4.79 Å². The highest BCUT2D eigenvalue weighted by Gasteiger charge is 2.38. The average molecular weight is 298 g/mol. The zero-order valence-corrected chi connectivity index (χ0v) is 11.1. The number of hydrogen-bond donors (Lipinski definition) is 3. The number of primary amides is 1. The summed E-state index contributed by atoms with van der Waals surface area (Å²) >= 11 is 3.46. The van der Waals surface area contributed by atoms with E-state index >= 15 is 0 Å². The fourth-order valence-electron chi connectivity index (χ4n) is 2.10. The lowest BCUT2D eigenvalue weighted by Gasteiger charge is -2.36. The molecule has 0 saturated carbocycles. The van der Waals surface area contributed by atoms with Gasteiger partial charge in [-0.25, -0.2) is 0 Å². The van der Waals surface area contributed by atoms with Crippen LogP contribution >= 0.6 is 15.9 Å². The first kappa shape index (κ1) is 12.4. The monoisotopic (exact) mass is 297 g/mol. The fourth-order valence-corrected chi connectivity index (χ4v) is 2.49. The molecule has 1 unspecified atom stereocenters. The topological polar surface area (TPSA) is 67.2 Å². The first-order chi connectivity index (χ1) is 8.14. The van der Waals surface area contributed by atoms with Crippen molar-refractivity contribution in [2.24, 2.45) is 5.73 Å². The zero-order chi connectivity index (χ0) is 12.3. The Morgan fingerprint density at radius 3 is 2.82 bits per heavy atom. The van der Waals surface area contributed by atoms with E-state index in [1.165, 1.54) is 0 Å². The Morgan fingerprint density at radius 2 is 2.24 bits per heavy atom. The molecule has 0 aliphatic carbocycles. The van der Waals surface area contributed by atoms with Crippen molar-refractivity contribution in [2.75, 3.05) is 18.4 Å². The third-order valence-corrected chi connectivity index (χ3v) is 3.79. The Morgan fingerprint density at radius 1 is 1.47 bits per heavy atom. The number of anilines is 1. The minimum atomic E-state index is -0.678. The van der Waals surface area contributed by atoms with Crippen molar-refractivity contribution in [1.29, 1.82) is 0 Å². The van der Waals surface area contributed by atoms with Gasteiger partial charge in [0, 0.05) is 16.7 Å².